The highest BCUT2D eigenvalue weighted by atomic mass is 16.5. The minimum Gasteiger partial charge on any atom is -0.481 e. The molecule has 36 heavy (non-hydrogen) atoms. The number of ether oxygens (including phenoxy) is 1. The fourth-order valence-corrected chi connectivity index (χ4v) is 4.18. The molecule has 0 bridgehead atoms. The van der Waals surface area contributed by atoms with Crippen LogP contribution in [0.2, 0.25) is 0 Å². The van der Waals surface area contributed by atoms with Crippen molar-refractivity contribution in [2.45, 2.75) is 65.0 Å². The van der Waals surface area contributed by atoms with E-state index in [4.69, 9.17) is 9.84 Å². The van der Waals surface area contributed by atoms with Crippen LogP contribution in [-0.4, -0.2) is 75.9 Å². The van der Waals surface area contributed by atoms with Crippen molar-refractivity contribution in [3.05, 3.63) is 34.9 Å². The minimum absolute atomic E-state index is 0.116. The third-order valence-corrected chi connectivity index (χ3v) is 6.17. The summed E-state index contributed by atoms with van der Waals surface area (Å²) >= 11 is 0. The maximum Gasteiger partial charge on any atom is 0.339 e. The van der Waals surface area contributed by atoms with Crippen LogP contribution in [0.1, 0.15) is 60.5 Å². The molecular formula is C25H32N2O9. The van der Waals surface area contributed by atoms with Crippen molar-refractivity contribution in [1.82, 2.24) is 10.2 Å². The van der Waals surface area contributed by atoms with Gasteiger partial charge in [0, 0.05) is 18.9 Å². The summed E-state index contributed by atoms with van der Waals surface area (Å²) in [5, 5.41) is 20.5. The molecule has 3 N–H and O–H groups in total. The van der Waals surface area contributed by atoms with E-state index >= 15 is 0 Å². The number of esters is 1. The molecule has 2 rings (SSSR count). The SMILES string of the molecule is Cc1cccc(C)c1C(=O)OCC(=O)[C@@H](CC(=O)O)NC(=O)[C@H]1CCCN1C(=O)C(C)CCC(=O)O. The third kappa shape index (κ3) is 7.62. The number of ketones is 1. The fourth-order valence-electron chi connectivity index (χ4n) is 4.18. The number of likely N-dealkylation sites (tertiary alicyclic amines) is 1. The van der Waals surface area contributed by atoms with Gasteiger partial charge in [-0.05, 0) is 44.2 Å². The van der Waals surface area contributed by atoms with Crippen LogP contribution >= 0.6 is 0 Å². The number of nitrogens with one attached hydrogen (secondary N) is 1. The number of hydrogen-bond donors (Lipinski definition) is 3. The Labute approximate surface area is 208 Å². The van der Waals surface area contributed by atoms with Crippen molar-refractivity contribution >= 4 is 35.5 Å². The highest BCUT2D eigenvalue weighted by Gasteiger charge is 2.37. The number of nitrogens with zero attached hydrogens (tertiary/aromatic N) is 1. The second-order valence-electron chi connectivity index (χ2n) is 8.99. The monoisotopic (exact) mass is 504 g/mol. The van der Waals surface area contributed by atoms with Gasteiger partial charge >= 0.3 is 17.9 Å². The minimum atomic E-state index is -1.46. The number of benzene rings is 1. The molecule has 1 heterocycles. The first-order valence-electron chi connectivity index (χ1n) is 11.7. The average molecular weight is 505 g/mol. The molecular weight excluding hydrogens is 472 g/mol. The van der Waals surface area contributed by atoms with Crippen LogP contribution in [0.25, 0.3) is 0 Å². The van der Waals surface area contributed by atoms with Gasteiger partial charge in [0.15, 0.2) is 12.4 Å². The number of carboxylic acid groups (broad SMARTS) is 2. The highest BCUT2D eigenvalue weighted by molar-refractivity contribution is 5.98. The molecule has 0 aromatic heterocycles. The van der Waals surface area contributed by atoms with Crippen LogP contribution in [0, 0.1) is 19.8 Å². The van der Waals surface area contributed by atoms with Gasteiger partial charge in [0.05, 0.1) is 12.0 Å². The lowest BCUT2D eigenvalue weighted by atomic mass is 10.0. The number of aryl methyl sites for hydroxylation is 2. The molecule has 0 radical (unpaired) electrons. The summed E-state index contributed by atoms with van der Waals surface area (Å²) in [7, 11) is 0. The predicted molar refractivity (Wildman–Crippen MR) is 126 cm³/mol. The largest absolute Gasteiger partial charge is 0.481 e. The first-order chi connectivity index (χ1) is 16.9. The van der Waals surface area contributed by atoms with Crippen LogP contribution in [-0.2, 0) is 28.7 Å². The Morgan fingerprint density at radius 2 is 1.72 bits per heavy atom. The van der Waals surface area contributed by atoms with Gasteiger partial charge in [0.25, 0.3) is 0 Å². The Balaban J connectivity index is 2.05. The summed E-state index contributed by atoms with van der Waals surface area (Å²) in [4.78, 5) is 74.4. The first-order valence-corrected chi connectivity index (χ1v) is 11.7. The lowest BCUT2D eigenvalue weighted by Gasteiger charge is -2.28. The Hall–Kier alpha value is -3.76. The van der Waals surface area contributed by atoms with Crippen molar-refractivity contribution in [3.63, 3.8) is 0 Å². The van der Waals surface area contributed by atoms with Crippen molar-refractivity contribution in [2.75, 3.05) is 13.2 Å². The molecule has 11 nitrogen and oxygen atoms in total. The van der Waals surface area contributed by atoms with Crippen molar-refractivity contribution in [2.24, 2.45) is 5.92 Å². The molecule has 2 amide bonds. The molecule has 1 aromatic rings. The highest BCUT2D eigenvalue weighted by Crippen LogP contribution is 2.22. The Kier molecular flexibility index (Phi) is 10.1. The number of carbonyl (C=O) groups is 6. The van der Waals surface area contributed by atoms with Gasteiger partial charge in [0.1, 0.15) is 12.1 Å². The van der Waals surface area contributed by atoms with E-state index in [-0.39, 0.29) is 18.7 Å². The summed E-state index contributed by atoms with van der Waals surface area (Å²) in [5.41, 5.74) is 1.62. The van der Waals surface area contributed by atoms with Crippen molar-refractivity contribution in [1.29, 1.82) is 0 Å². The molecule has 1 saturated heterocycles. The van der Waals surface area contributed by atoms with Crippen molar-refractivity contribution in [3.8, 4) is 0 Å². The van der Waals surface area contributed by atoms with E-state index in [1.54, 1.807) is 39.0 Å². The topological polar surface area (TPSA) is 167 Å². The standard InChI is InChI=1S/C25H32N2O9/c1-14-6-4-7-15(2)22(14)25(35)36-13-19(28)17(12-21(31)32)26-23(33)18-8-5-11-27(18)24(34)16(3)9-10-20(29)30/h4,6-7,16-18H,5,8-13H2,1-3H3,(H,26,33)(H,29,30)(H,31,32)/t16?,17-,18-/m1/s1. The van der Waals surface area contributed by atoms with Crippen molar-refractivity contribution < 1.29 is 43.7 Å². The van der Waals surface area contributed by atoms with E-state index in [0.29, 0.717) is 36.1 Å². The summed E-state index contributed by atoms with van der Waals surface area (Å²) < 4.78 is 5.11. The number of aliphatic carboxylic acids is 2. The molecule has 1 aliphatic rings. The van der Waals surface area contributed by atoms with Gasteiger partial charge < -0.3 is 25.2 Å². The van der Waals surface area contributed by atoms with Gasteiger partial charge in [-0.2, -0.15) is 0 Å². The number of hydrogen-bond acceptors (Lipinski definition) is 7. The molecule has 3 atom stereocenters. The van der Waals surface area contributed by atoms with E-state index < -0.39 is 60.6 Å². The zero-order valence-electron chi connectivity index (χ0n) is 20.6. The van der Waals surface area contributed by atoms with Crippen LogP contribution in [0.15, 0.2) is 18.2 Å². The molecule has 0 saturated carbocycles. The molecule has 196 valence electrons. The molecule has 11 heteroatoms. The molecule has 1 aliphatic heterocycles. The van der Waals surface area contributed by atoms with E-state index in [1.165, 1.54) is 4.90 Å². The second-order valence-corrected chi connectivity index (χ2v) is 8.99. The zero-order valence-corrected chi connectivity index (χ0v) is 20.6. The summed E-state index contributed by atoms with van der Waals surface area (Å²) in [6.45, 7) is 4.58. The third-order valence-electron chi connectivity index (χ3n) is 6.17. The Morgan fingerprint density at radius 1 is 1.08 bits per heavy atom. The Bertz CT molecular complexity index is 1020. The van der Waals surface area contributed by atoms with Crippen LogP contribution < -0.4 is 5.32 Å². The van der Waals surface area contributed by atoms with Gasteiger partial charge in [-0.3, -0.25) is 24.0 Å². The number of Topliss-reactive ketones (excluding diaryl/α,β-unsaturated/α-hetero) is 1. The number of rotatable bonds is 12. The lowest BCUT2D eigenvalue weighted by molar-refractivity contribution is -0.144. The molecule has 0 spiro atoms. The van der Waals surface area contributed by atoms with E-state index in [2.05, 4.69) is 5.32 Å². The van der Waals surface area contributed by atoms with E-state index in [1.807, 2.05) is 0 Å². The second kappa shape index (κ2) is 12.8. The van der Waals surface area contributed by atoms with Gasteiger partial charge in [-0.1, -0.05) is 25.1 Å². The van der Waals surface area contributed by atoms with Gasteiger partial charge in [-0.15, -0.1) is 0 Å². The number of carbonyl (C=O) groups excluding carboxylic acids is 4. The zero-order chi connectivity index (χ0) is 27.0. The summed E-state index contributed by atoms with van der Waals surface area (Å²) in [5.74, 6) is -5.58. The molecule has 1 unspecified atom stereocenters. The number of carboxylic acids is 2. The van der Waals surface area contributed by atoms with Crippen LogP contribution in [0.3, 0.4) is 0 Å². The quantitative estimate of drug-likeness (QED) is 0.357. The maximum atomic E-state index is 12.9. The van der Waals surface area contributed by atoms with Crippen LogP contribution in [0.4, 0.5) is 0 Å². The molecule has 0 aliphatic carbocycles. The summed E-state index contributed by atoms with van der Waals surface area (Å²) in [6.07, 6.45) is 0.0543. The van der Waals surface area contributed by atoms with E-state index in [9.17, 15) is 33.9 Å². The normalized spacial score (nSPS) is 16.6. The molecule has 1 aromatic carbocycles. The first kappa shape index (κ1) is 28.5. The molecule has 1 fully saturated rings. The van der Waals surface area contributed by atoms with Crippen LogP contribution in [0.5, 0.6) is 0 Å². The maximum absolute atomic E-state index is 12.9. The number of amides is 2. The average Bonchev–Trinajstić information content (AvgIpc) is 3.29. The fraction of sp³-hybridized carbons (Fsp3) is 0.520. The Morgan fingerprint density at radius 3 is 2.31 bits per heavy atom. The van der Waals surface area contributed by atoms with E-state index in [0.717, 1.165) is 0 Å². The smallest absolute Gasteiger partial charge is 0.339 e. The predicted octanol–water partition coefficient (Wildman–Crippen LogP) is 1.48. The van der Waals surface area contributed by atoms with Gasteiger partial charge in [-0.25, -0.2) is 4.79 Å². The van der Waals surface area contributed by atoms with Gasteiger partial charge in [0.2, 0.25) is 11.8 Å². The summed E-state index contributed by atoms with van der Waals surface area (Å²) in [6, 6.07) is 2.84. The lowest BCUT2D eigenvalue weighted by Crippen LogP contribution is -2.52.